The molecule has 1 aromatic carbocycles. The van der Waals surface area contributed by atoms with E-state index in [1.165, 1.54) is 12.8 Å². The Labute approximate surface area is 163 Å². The van der Waals surface area contributed by atoms with E-state index in [2.05, 4.69) is 9.88 Å². The normalized spacial score (nSPS) is 13.7. The molecule has 0 saturated heterocycles. The molecule has 0 spiro atoms. The highest BCUT2D eigenvalue weighted by Crippen LogP contribution is 2.38. The van der Waals surface area contributed by atoms with Crippen molar-refractivity contribution in [1.82, 2.24) is 4.57 Å². The lowest BCUT2D eigenvalue weighted by Crippen LogP contribution is -2.20. The first-order valence-electron chi connectivity index (χ1n) is 9.01. The van der Waals surface area contributed by atoms with Gasteiger partial charge in [-0.3, -0.25) is 9.59 Å². The molecule has 1 saturated carbocycles. The SMILES string of the molecule is Cc1cc(/C=C(\C#N)C(=O)Nc2cccc(OCC(N)=O)c2)c(C)n1C1CC1. The topological polar surface area (TPSA) is 110 Å². The fourth-order valence-electron chi connectivity index (χ4n) is 3.16. The molecule has 1 aliphatic rings. The minimum Gasteiger partial charge on any atom is -0.484 e. The molecule has 1 heterocycles. The van der Waals surface area contributed by atoms with Crippen LogP contribution in [-0.2, 0) is 9.59 Å². The number of anilines is 1. The largest absolute Gasteiger partial charge is 0.484 e. The summed E-state index contributed by atoms with van der Waals surface area (Å²) in [6.07, 6.45) is 3.95. The molecule has 7 nitrogen and oxygen atoms in total. The lowest BCUT2D eigenvalue weighted by Gasteiger charge is -2.08. The average Bonchev–Trinajstić information content (AvgIpc) is 3.44. The van der Waals surface area contributed by atoms with Gasteiger partial charge in [0.25, 0.3) is 11.8 Å². The van der Waals surface area contributed by atoms with Gasteiger partial charge in [-0.2, -0.15) is 5.26 Å². The van der Waals surface area contributed by atoms with Crippen molar-refractivity contribution in [3.8, 4) is 11.8 Å². The maximum absolute atomic E-state index is 12.6. The molecule has 3 rings (SSSR count). The number of primary amides is 1. The van der Waals surface area contributed by atoms with Crippen molar-refractivity contribution < 1.29 is 14.3 Å². The summed E-state index contributed by atoms with van der Waals surface area (Å²) in [6.45, 7) is 3.79. The van der Waals surface area contributed by atoms with E-state index in [-0.39, 0.29) is 12.2 Å². The van der Waals surface area contributed by atoms with Gasteiger partial charge in [0.15, 0.2) is 6.61 Å². The minimum absolute atomic E-state index is 0.0134. The number of nitrogens with zero attached hydrogens (tertiary/aromatic N) is 2. The highest BCUT2D eigenvalue weighted by molar-refractivity contribution is 6.09. The van der Waals surface area contributed by atoms with E-state index in [0.717, 1.165) is 17.0 Å². The van der Waals surface area contributed by atoms with Crippen LogP contribution in [0.5, 0.6) is 5.75 Å². The Balaban J connectivity index is 1.77. The molecule has 1 aromatic heterocycles. The highest BCUT2D eigenvalue weighted by atomic mass is 16.5. The van der Waals surface area contributed by atoms with Crippen LogP contribution in [0.1, 0.15) is 35.8 Å². The van der Waals surface area contributed by atoms with Crippen LogP contribution >= 0.6 is 0 Å². The van der Waals surface area contributed by atoms with E-state index < -0.39 is 11.8 Å². The van der Waals surface area contributed by atoms with Gasteiger partial charge in [-0.15, -0.1) is 0 Å². The molecule has 1 aliphatic carbocycles. The zero-order valence-corrected chi connectivity index (χ0v) is 15.9. The number of nitrogens with one attached hydrogen (secondary N) is 1. The number of benzene rings is 1. The second-order valence-electron chi connectivity index (χ2n) is 6.83. The maximum atomic E-state index is 12.6. The highest BCUT2D eigenvalue weighted by Gasteiger charge is 2.26. The van der Waals surface area contributed by atoms with Gasteiger partial charge in [-0.05, 0) is 56.5 Å². The number of amides is 2. The summed E-state index contributed by atoms with van der Waals surface area (Å²) >= 11 is 0. The predicted molar refractivity (Wildman–Crippen MR) is 106 cm³/mol. The third-order valence-corrected chi connectivity index (χ3v) is 4.57. The predicted octanol–water partition coefficient (Wildman–Crippen LogP) is 2.85. The Bertz CT molecular complexity index is 994. The molecule has 2 amide bonds. The van der Waals surface area contributed by atoms with Crippen LogP contribution in [0.2, 0.25) is 0 Å². The van der Waals surface area contributed by atoms with Crippen molar-refractivity contribution in [3.05, 3.63) is 52.9 Å². The van der Waals surface area contributed by atoms with Crippen LogP contribution < -0.4 is 15.8 Å². The molecule has 0 radical (unpaired) electrons. The van der Waals surface area contributed by atoms with Gasteiger partial charge in [0.05, 0.1) is 0 Å². The van der Waals surface area contributed by atoms with Crippen LogP contribution in [0.15, 0.2) is 35.9 Å². The minimum atomic E-state index is -0.590. The number of carbonyl (C=O) groups is 2. The second kappa shape index (κ2) is 8.01. The van der Waals surface area contributed by atoms with Crippen LogP contribution in [0.25, 0.3) is 6.08 Å². The monoisotopic (exact) mass is 378 g/mol. The molecule has 28 heavy (non-hydrogen) atoms. The van der Waals surface area contributed by atoms with E-state index in [1.54, 1.807) is 30.3 Å². The van der Waals surface area contributed by atoms with Crippen molar-refractivity contribution in [2.45, 2.75) is 32.7 Å². The van der Waals surface area contributed by atoms with Crippen LogP contribution in [0.4, 0.5) is 5.69 Å². The van der Waals surface area contributed by atoms with E-state index in [9.17, 15) is 14.9 Å². The van der Waals surface area contributed by atoms with E-state index in [1.807, 2.05) is 26.0 Å². The molecular formula is C21H22N4O3. The third-order valence-electron chi connectivity index (χ3n) is 4.57. The Kier molecular flexibility index (Phi) is 5.50. The van der Waals surface area contributed by atoms with Crippen LogP contribution in [0.3, 0.4) is 0 Å². The first kappa shape index (κ1) is 19.2. The van der Waals surface area contributed by atoms with Crippen molar-refractivity contribution in [1.29, 1.82) is 5.26 Å². The molecular weight excluding hydrogens is 356 g/mol. The van der Waals surface area contributed by atoms with E-state index in [4.69, 9.17) is 10.5 Å². The van der Waals surface area contributed by atoms with Crippen molar-refractivity contribution in [2.75, 3.05) is 11.9 Å². The second-order valence-corrected chi connectivity index (χ2v) is 6.83. The van der Waals surface area contributed by atoms with Gasteiger partial charge in [-0.25, -0.2) is 0 Å². The zero-order chi connectivity index (χ0) is 20.3. The number of aromatic nitrogens is 1. The molecule has 7 heteroatoms. The number of hydrogen-bond acceptors (Lipinski definition) is 4. The maximum Gasteiger partial charge on any atom is 0.266 e. The van der Waals surface area contributed by atoms with Crippen molar-refractivity contribution in [3.63, 3.8) is 0 Å². The van der Waals surface area contributed by atoms with Crippen molar-refractivity contribution in [2.24, 2.45) is 5.73 Å². The fraction of sp³-hybridized carbons (Fsp3) is 0.286. The number of aryl methyl sites for hydroxylation is 1. The Morgan fingerprint density at radius 3 is 2.75 bits per heavy atom. The number of nitriles is 1. The molecule has 2 aromatic rings. The van der Waals surface area contributed by atoms with E-state index in [0.29, 0.717) is 17.5 Å². The molecule has 0 atom stereocenters. The third kappa shape index (κ3) is 4.41. The lowest BCUT2D eigenvalue weighted by molar-refractivity contribution is -0.120. The first-order valence-corrected chi connectivity index (χ1v) is 9.01. The summed E-state index contributed by atoms with van der Waals surface area (Å²) in [4.78, 5) is 23.4. The van der Waals surface area contributed by atoms with Crippen LogP contribution in [0, 0.1) is 25.2 Å². The van der Waals surface area contributed by atoms with Gasteiger partial charge >= 0.3 is 0 Å². The number of nitrogens with two attached hydrogens (primary N) is 1. The van der Waals surface area contributed by atoms with Gasteiger partial charge in [0, 0.05) is 29.2 Å². The molecule has 1 fully saturated rings. The van der Waals surface area contributed by atoms with Crippen molar-refractivity contribution >= 4 is 23.6 Å². The molecule has 144 valence electrons. The Hall–Kier alpha value is -3.53. The first-order chi connectivity index (χ1) is 13.4. The smallest absolute Gasteiger partial charge is 0.266 e. The standard InChI is InChI=1S/C21H22N4O3/c1-13-8-15(14(2)25(13)18-6-7-18)9-16(11-22)21(27)24-17-4-3-5-19(10-17)28-12-20(23)26/h3-5,8-10,18H,6-7,12H2,1-2H3,(H2,23,26)(H,24,27)/b16-9+. The van der Waals surface area contributed by atoms with E-state index >= 15 is 0 Å². The molecule has 0 bridgehead atoms. The van der Waals surface area contributed by atoms with Gasteiger partial charge in [0.1, 0.15) is 17.4 Å². The number of rotatable bonds is 7. The zero-order valence-electron chi connectivity index (χ0n) is 15.9. The number of carbonyl (C=O) groups excluding carboxylic acids is 2. The quantitative estimate of drug-likeness (QED) is 0.570. The summed E-state index contributed by atoms with van der Waals surface area (Å²) in [5.74, 6) is -0.703. The summed E-state index contributed by atoms with van der Waals surface area (Å²) in [6, 6.07) is 11.1. The van der Waals surface area contributed by atoms with Crippen LogP contribution in [-0.4, -0.2) is 23.0 Å². The van der Waals surface area contributed by atoms with Gasteiger partial charge in [-0.1, -0.05) is 6.07 Å². The molecule has 0 aliphatic heterocycles. The Morgan fingerprint density at radius 1 is 1.36 bits per heavy atom. The van der Waals surface area contributed by atoms with Gasteiger partial charge in [0.2, 0.25) is 0 Å². The number of hydrogen-bond donors (Lipinski definition) is 2. The van der Waals surface area contributed by atoms with Gasteiger partial charge < -0.3 is 20.4 Å². The Morgan fingerprint density at radius 2 is 2.11 bits per heavy atom. The molecule has 3 N–H and O–H groups in total. The number of ether oxygens (including phenoxy) is 1. The summed E-state index contributed by atoms with van der Waals surface area (Å²) in [7, 11) is 0. The lowest BCUT2D eigenvalue weighted by atomic mass is 10.1. The fourth-order valence-corrected chi connectivity index (χ4v) is 3.16. The average molecular weight is 378 g/mol. The molecule has 0 unspecified atom stereocenters. The summed E-state index contributed by atoms with van der Waals surface area (Å²) in [5, 5.41) is 12.1. The summed E-state index contributed by atoms with van der Waals surface area (Å²) in [5.41, 5.74) is 8.58. The summed E-state index contributed by atoms with van der Waals surface area (Å²) < 4.78 is 7.49.